The first-order valence-electron chi connectivity index (χ1n) is 5.18. The molecule has 0 rings (SSSR count). The minimum Gasteiger partial charge on any atom is -0.352 e. The molecular formula is C11H20N2O2. The minimum absolute atomic E-state index is 0.0497. The van der Waals surface area contributed by atoms with Gasteiger partial charge in [0, 0.05) is 26.1 Å². The van der Waals surface area contributed by atoms with Crippen LogP contribution in [0.5, 0.6) is 0 Å². The summed E-state index contributed by atoms with van der Waals surface area (Å²) in [6, 6.07) is 0.243. The summed E-state index contributed by atoms with van der Waals surface area (Å²) in [5.74, 6) is -0.192. The van der Waals surface area contributed by atoms with Crippen LogP contribution in [0.2, 0.25) is 0 Å². The van der Waals surface area contributed by atoms with Gasteiger partial charge >= 0.3 is 0 Å². The Morgan fingerprint density at radius 2 is 2.13 bits per heavy atom. The van der Waals surface area contributed by atoms with Crippen LogP contribution in [0.3, 0.4) is 0 Å². The zero-order chi connectivity index (χ0) is 11.8. The maximum absolute atomic E-state index is 11.6. The molecule has 0 unspecified atom stereocenters. The molecule has 4 nitrogen and oxygen atoms in total. The first kappa shape index (κ1) is 13.7. The minimum atomic E-state index is -0.242. The highest BCUT2D eigenvalue weighted by Gasteiger charge is 2.13. The summed E-state index contributed by atoms with van der Waals surface area (Å²) < 4.78 is 0. The maximum Gasteiger partial charge on any atom is 0.243 e. The fraction of sp³-hybridized carbons (Fsp3) is 0.636. The molecular weight excluding hydrogens is 192 g/mol. The van der Waals surface area contributed by atoms with Gasteiger partial charge in [-0.1, -0.05) is 13.5 Å². The molecule has 2 amide bonds. The number of nitrogens with zero attached hydrogens (tertiary/aromatic N) is 1. The molecule has 0 aromatic heterocycles. The SMILES string of the molecule is C=CC(=O)NCCC(=O)N(C)[C@H](C)CC. The lowest BCUT2D eigenvalue weighted by Gasteiger charge is -2.23. The van der Waals surface area contributed by atoms with Crippen LogP contribution in [0, 0.1) is 0 Å². The number of amides is 2. The molecule has 0 saturated heterocycles. The molecule has 0 saturated carbocycles. The third-order valence-corrected chi connectivity index (χ3v) is 2.47. The van der Waals surface area contributed by atoms with E-state index in [1.54, 1.807) is 11.9 Å². The van der Waals surface area contributed by atoms with Crippen molar-refractivity contribution in [1.82, 2.24) is 10.2 Å². The van der Waals surface area contributed by atoms with Gasteiger partial charge in [-0.05, 0) is 19.4 Å². The van der Waals surface area contributed by atoms with Crippen molar-refractivity contribution in [3.63, 3.8) is 0 Å². The average molecular weight is 212 g/mol. The van der Waals surface area contributed by atoms with Crippen molar-refractivity contribution in [2.75, 3.05) is 13.6 Å². The monoisotopic (exact) mass is 212 g/mol. The molecule has 86 valence electrons. The fourth-order valence-corrected chi connectivity index (χ4v) is 1.06. The second-order valence-corrected chi connectivity index (χ2v) is 3.51. The van der Waals surface area contributed by atoms with Gasteiger partial charge < -0.3 is 10.2 Å². The zero-order valence-corrected chi connectivity index (χ0v) is 9.75. The Hall–Kier alpha value is -1.32. The van der Waals surface area contributed by atoms with Gasteiger partial charge in [0.05, 0.1) is 0 Å². The van der Waals surface area contributed by atoms with Crippen molar-refractivity contribution in [1.29, 1.82) is 0 Å². The molecule has 4 heteroatoms. The molecule has 0 aromatic rings. The van der Waals surface area contributed by atoms with Crippen molar-refractivity contribution in [3.8, 4) is 0 Å². The quantitative estimate of drug-likeness (QED) is 0.666. The Kier molecular flexibility index (Phi) is 6.42. The van der Waals surface area contributed by atoms with Gasteiger partial charge in [-0.15, -0.1) is 0 Å². The Balaban J connectivity index is 3.83. The van der Waals surface area contributed by atoms with Crippen LogP contribution in [0.1, 0.15) is 26.7 Å². The summed E-state index contributed by atoms with van der Waals surface area (Å²) in [5.41, 5.74) is 0. The molecule has 0 aliphatic carbocycles. The van der Waals surface area contributed by atoms with Gasteiger partial charge in [0.2, 0.25) is 11.8 Å². The van der Waals surface area contributed by atoms with Crippen LogP contribution in [0.15, 0.2) is 12.7 Å². The summed E-state index contributed by atoms with van der Waals surface area (Å²) in [4.78, 5) is 24.1. The third kappa shape index (κ3) is 5.20. The van der Waals surface area contributed by atoms with E-state index >= 15 is 0 Å². The highest BCUT2D eigenvalue weighted by molar-refractivity contribution is 5.87. The average Bonchev–Trinajstić information content (AvgIpc) is 2.26. The largest absolute Gasteiger partial charge is 0.352 e. The Morgan fingerprint density at radius 3 is 2.60 bits per heavy atom. The zero-order valence-electron chi connectivity index (χ0n) is 9.75. The first-order valence-corrected chi connectivity index (χ1v) is 5.18. The van der Waals surface area contributed by atoms with E-state index in [9.17, 15) is 9.59 Å². The van der Waals surface area contributed by atoms with Gasteiger partial charge in [-0.2, -0.15) is 0 Å². The van der Waals surface area contributed by atoms with Gasteiger partial charge in [0.1, 0.15) is 0 Å². The molecule has 0 heterocycles. The van der Waals surface area contributed by atoms with E-state index in [0.717, 1.165) is 6.42 Å². The normalized spacial score (nSPS) is 11.7. The van der Waals surface area contributed by atoms with E-state index in [0.29, 0.717) is 13.0 Å². The molecule has 1 N–H and O–H groups in total. The second-order valence-electron chi connectivity index (χ2n) is 3.51. The van der Waals surface area contributed by atoms with Gasteiger partial charge in [0.15, 0.2) is 0 Å². The summed E-state index contributed by atoms with van der Waals surface area (Å²) >= 11 is 0. The Morgan fingerprint density at radius 1 is 1.53 bits per heavy atom. The van der Waals surface area contributed by atoms with Crippen LogP contribution in [0.4, 0.5) is 0 Å². The van der Waals surface area contributed by atoms with Crippen LogP contribution in [0.25, 0.3) is 0 Å². The maximum atomic E-state index is 11.6. The van der Waals surface area contributed by atoms with Crippen molar-refractivity contribution in [2.24, 2.45) is 0 Å². The summed E-state index contributed by atoms with van der Waals surface area (Å²) in [6.07, 6.45) is 2.46. The lowest BCUT2D eigenvalue weighted by molar-refractivity contribution is -0.131. The molecule has 0 aliphatic heterocycles. The molecule has 0 spiro atoms. The Bertz CT molecular complexity index is 239. The van der Waals surface area contributed by atoms with Gasteiger partial charge in [0.25, 0.3) is 0 Å². The van der Waals surface area contributed by atoms with E-state index in [1.165, 1.54) is 6.08 Å². The second kappa shape index (κ2) is 7.04. The predicted octanol–water partition coefficient (Wildman–Crippen LogP) is 0.936. The summed E-state index contributed by atoms with van der Waals surface area (Å²) in [7, 11) is 1.78. The standard InChI is InChI=1S/C11H20N2O2/c1-5-9(3)13(4)11(15)7-8-12-10(14)6-2/h6,9H,2,5,7-8H2,1,3-4H3,(H,12,14)/t9-/m1/s1. The van der Waals surface area contributed by atoms with Crippen LogP contribution in [-0.4, -0.2) is 36.3 Å². The fourth-order valence-electron chi connectivity index (χ4n) is 1.06. The van der Waals surface area contributed by atoms with Crippen LogP contribution < -0.4 is 5.32 Å². The van der Waals surface area contributed by atoms with Crippen LogP contribution in [-0.2, 0) is 9.59 Å². The third-order valence-electron chi connectivity index (χ3n) is 2.47. The van der Waals surface area contributed by atoms with E-state index in [1.807, 2.05) is 13.8 Å². The number of nitrogens with one attached hydrogen (secondary N) is 1. The molecule has 0 fully saturated rings. The van der Waals surface area contributed by atoms with Crippen LogP contribution >= 0.6 is 0 Å². The van der Waals surface area contributed by atoms with Crippen molar-refractivity contribution >= 4 is 11.8 Å². The molecule has 0 radical (unpaired) electrons. The first-order chi connectivity index (χ1) is 7.02. The lowest BCUT2D eigenvalue weighted by atomic mass is 10.2. The molecule has 0 aliphatic rings. The van der Waals surface area contributed by atoms with Gasteiger partial charge in [-0.3, -0.25) is 9.59 Å². The van der Waals surface area contributed by atoms with E-state index in [2.05, 4.69) is 11.9 Å². The molecule has 1 atom stereocenters. The summed E-state index contributed by atoms with van der Waals surface area (Å²) in [6.45, 7) is 7.73. The van der Waals surface area contributed by atoms with E-state index in [-0.39, 0.29) is 17.9 Å². The highest BCUT2D eigenvalue weighted by atomic mass is 16.2. The Labute approximate surface area is 91.3 Å². The number of carbonyl (C=O) groups excluding carboxylic acids is 2. The molecule has 0 aromatic carbocycles. The number of rotatable bonds is 6. The van der Waals surface area contributed by atoms with Crippen molar-refractivity contribution in [3.05, 3.63) is 12.7 Å². The number of hydrogen-bond acceptors (Lipinski definition) is 2. The summed E-state index contributed by atoms with van der Waals surface area (Å²) in [5, 5.41) is 2.57. The number of carbonyl (C=O) groups is 2. The number of hydrogen-bond donors (Lipinski definition) is 1. The lowest BCUT2D eigenvalue weighted by Crippen LogP contribution is -2.36. The van der Waals surface area contributed by atoms with Crippen molar-refractivity contribution < 1.29 is 9.59 Å². The van der Waals surface area contributed by atoms with Crippen molar-refractivity contribution in [2.45, 2.75) is 32.7 Å². The highest BCUT2D eigenvalue weighted by Crippen LogP contribution is 2.01. The topological polar surface area (TPSA) is 49.4 Å². The molecule has 15 heavy (non-hydrogen) atoms. The van der Waals surface area contributed by atoms with E-state index in [4.69, 9.17) is 0 Å². The van der Waals surface area contributed by atoms with Gasteiger partial charge in [-0.25, -0.2) is 0 Å². The molecule has 0 bridgehead atoms. The smallest absolute Gasteiger partial charge is 0.243 e. The predicted molar refractivity (Wildman–Crippen MR) is 60.3 cm³/mol. The van der Waals surface area contributed by atoms with E-state index < -0.39 is 0 Å².